The molecule has 0 aliphatic heterocycles. The van der Waals surface area contributed by atoms with Crippen molar-refractivity contribution in [2.45, 2.75) is 37.8 Å². The summed E-state index contributed by atoms with van der Waals surface area (Å²) >= 11 is 1.17. The van der Waals surface area contributed by atoms with Gasteiger partial charge in [-0.05, 0) is 68.3 Å². The zero-order chi connectivity index (χ0) is 21.0. The SMILES string of the molecule is Cc1cc(C)cc(OCc2nnc(S[C@@H](C)C(=O)Nc3ccc(F)cc3)n2N)c1. The lowest BCUT2D eigenvalue weighted by molar-refractivity contribution is -0.115. The van der Waals surface area contributed by atoms with Crippen LogP contribution in [-0.2, 0) is 11.4 Å². The molecule has 1 atom stereocenters. The first-order chi connectivity index (χ1) is 13.8. The van der Waals surface area contributed by atoms with E-state index in [1.807, 2.05) is 26.0 Å². The fraction of sp³-hybridized carbons (Fsp3) is 0.250. The Bertz CT molecular complexity index is 986. The third-order valence-corrected chi connectivity index (χ3v) is 5.12. The van der Waals surface area contributed by atoms with E-state index in [2.05, 4.69) is 21.6 Å². The van der Waals surface area contributed by atoms with E-state index in [1.54, 1.807) is 6.92 Å². The fourth-order valence-electron chi connectivity index (χ4n) is 2.64. The number of nitrogens with two attached hydrogens (primary N) is 1. The number of nitrogens with zero attached hydrogens (tertiary/aromatic N) is 3. The van der Waals surface area contributed by atoms with Gasteiger partial charge in [0.25, 0.3) is 0 Å². The molecule has 0 unspecified atom stereocenters. The van der Waals surface area contributed by atoms with Gasteiger partial charge in [0, 0.05) is 5.69 Å². The number of ether oxygens (including phenoxy) is 1. The normalized spacial score (nSPS) is 11.9. The maximum Gasteiger partial charge on any atom is 0.237 e. The second kappa shape index (κ2) is 8.95. The van der Waals surface area contributed by atoms with E-state index in [-0.39, 0.29) is 18.3 Å². The molecule has 0 aliphatic rings. The maximum atomic E-state index is 13.0. The summed E-state index contributed by atoms with van der Waals surface area (Å²) in [5.74, 6) is 6.62. The Labute approximate surface area is 172 Å². The molecule has 0 aliphatic carbocycles. The standard InChI is InChI=1S/C20H22FN5O2S/c1-12-8-13(2)10-17(9-12)28-11-18-24-25-20(26(18)22)29-14(3)19(27)23-16-6-4-15(21)5-7-16/h4-10,14H,11,22H2,1-3H3,(H,23,27)/t14-/m0/s1. The molecule has 0 saturated carbocycles. The van der Waals surface area contributed by atoms with E-state index >= 15 is 0 Å². The zero-order valence-corrected chi connectivity index (χ0v) is 17.2. The number of rotatable bonds is 7. The molecule has 1 heterocycles. The van der Waals surface area contributed by atoms with Gasteiger partial charge < -0.3 is 15.9 Å². The van der Waals surface area contributed by atoms with Gasteiger partial charge >= 0.3 is 0 Å². The molecule has 2 aromatic carbocycles. The minimum absolute atomic E-state index is 0.156. The fourth-order valence-corrected chi connectivity index (χ4v) is 3.43. The maximum absolute atomic E-state index is 13.0. The number of nitrogens with one attached hydrogen (secondary N) is 1. The van der Waals surface area contributed by atoms with Gasteiger partial charge in [0.15, 0.2) is 5.82 Å². The molecule has 0 bridgehead atoms. The first-order valence-corrected chi connectivity index (χ1v) is 9.83. The number of carbonyl (C=O) groups is 1. The molecule has 3 rings (SSSR count). The van der Waals surface area contributed by atoms with Gasteiger partial charge in [0.05, 0.1) is 5.25 Å². The van der Waals surface area contributed by atoms with Gasteiger partial charge in [-0.3, -0.25) is 4.79 Å². The lowest BCUT2D eigenvalue weighted by Crippen LogP contribution is -2.24. The van der Waals surface area contributed by atoms with Gasteiger partial charge in [0.1, 0.15) is 18.2 Å². The van der Waals surface area contributed by atoms with Crippen LogP contribution in [0.25, 0.3) is 0 Å². The van der Waals surface area contributed by atoms with Crippen LogP contribution < -0.4 is 15.9 Å². The van der Waals surface area contributed by atoms with Crippen LogP contribution in [0.15, 0.2) is 47.6 Å². The summed E-state index contributed by atoms with van der Waals surface area (Å²) in [6, 6.07) is 11.5. The van der Waals surface area contributed by atoms with Crippen molar-refractivity contribution in [3.8, 4) is 5.75 Å². The number of aryl methyl sites for hydroxylation is 2. The smallest absolute Gasteiger partial charge is 0.237 e. The van der Waals surface area contributed by atoms with Crippen LogP contribution in [0.3, 0.4) is 0 Å². The number of anilines is 1. The van der Waals surface area contributed by atoms with E-state index in [4.69, 9.17) is 10.6 Å². The Hall–Kier alpha value is -3.07. The van der Waals surface area contributed by atoms with Crippen LogP contribution >= 0.6 is 11.8 Å². The third-order valence-electron chi connectivity index (χ3n) is 4.06. The molecule has 0 radical (unpaired) electrons. The van der Waals surface area contributed by atoms with Crippen LogP contribution in [0, 0.1) is 19.7 Å². The summed E-state index contributed by atoms with van der Waals surface area (Å²) in [6.07, 6.45) is 0. The van der Waals surface area contributed by atoms with E-state index in [0.717, 1.165) is 16.9 Å². The number of halogens is 1. The van der Waals surface area contributed by atoms with E-state index in [1.165, 1.54) is 40.7 Å². The number of nitrogen functional groups attached to an aromatic ring is 1. The quantitative estimate of drug-likeness (QED) is 0.453. The first-order valence-electron chi connectivity index (χ1n) is 8.95. The number of thioether (sulfide) groups is 1. The van der Waals surface area contributed by atoms with Gasteiger partial charge in [0.2, 0.25) is 11.1 Å². The predicted octanol–water partition coefficient (Wildman–Crippen LogP) is 3.45. The Morgan fingerprint density at radius 2 is 1.86 bits per heavy atom. The number of carbonyl (C=O) groups excluding carboxylic acids is 1. The highest BCUT2D eigenvalue weighted by Gasteiger charge is 2.20. The van der Waals surface area contributed by atoms with Crippen LogP contribution in [0.4, 0.5) is 10.1 Å². The van der Waals surface area contributed by atoms with Crippen molar-refractivity contribution in [2.24, 2.45) is 0 Å². The summed E-state index contributed by atoms with van der Waals surface area (Å²) in [5, 5.41) is 10.7. The van der Waals surface area contributed by atoms with E-state index in [0.29, 0.717) is 16.7 Å². The number of hydrogen-bond donors (Lipinski definition) is 2. The molecule has 3 N–H and O–H groups in total. The molecule has 0 fully saturated rings. The van der Waals surface area contributed by atoms with Crippen LogP contribution in [-0.4, -0.2) is 26.0 Å². The van der Waals surface area contributed by atoms with Gasteiger partial charge in [-0.2, -0.15) is 0 Å². The molecule has 7 nitrogen and oxygen atoms in total. The number of benzene rings is 2. The average Bonchev–Trinajstić information content (AvgIpc) is 3.01. The lowest BCUT2D eigenvalue weighted by Gasteiger charge is -2.12. The third kappa shape index (κ3) is 5.47. The molecule has 29 heavy (non-hydrogen) atoms. The predicted molar refractivity (Wildman–Crippen MR) is 111 cm³/mol. The second-order valence-electron chi connectivity index (χ2n) is 6.64. The molecule has 1 aromatic heterocycles. The van der Waals surface area contributed by atoms with Gasteiger partial charge in [-0.25, -0.2) is 9.07 Å². The Morgan fingerprint density at radius 3 is 2.52 bits per heavy atom. The number of aromatic nitrogens is 3. The van der Waals surface area contributed by atoms with Crippen molar-refractivity contribution in [1.82, 2.24) is 14.9 Å². The summed E-state index contributed by atoms with van der Waals surface area (Å²) in [5.41, 5.74) is 2.72. The summed E-state index contributed by atoms with van der Waals surface area (Å²) in [4.78, 5) is 12.3. The van der Waals surface area contributed by atoms with Gasteiger partial charge in [-0.15, -0.1) is 10.2 Å². The highest BCUT2D eigenvalue weighted by atomic mass is 32.2. The van der Waals surface area contributed by atoms with E-state index in [9.17, 15) is 9.18 Å². The number of hydrogen-bond acceptors (Lipinski definition) is 6. The first kappa shape index (κ1) is 20.7. The molecular formula is C20H22FN5O2S. The summed E-state index contributed by atoms with van der Waals surface area (Å²) < 4.78 is 20.0. The largest absolute Gasteiger partial charge is 0.486 e. The highest BCUT2D eigenvalue weighted by molar-refractivity contribution is 8.00. The van der Waals surface area contributed by atoms with Crippen molar-refractivity contribution in [3.63, 3.8) is 0 Å². The summed E-state index contributed by atoms with van der Waals surface area (Å²) in [6.45, 7) is 5.88. The Morgan fingerprint density at radius 1 is 1.21 bits per heavy atom. The lowest BCUT2D eigenvalue weighted by atomic mass is 10.1. The van der Waals surface area contributed by atoms with Crippen LogP contribution in [0.2, 0.25) is 0 Å². The van der Waals surface area contributed by atoms with Gasteiger partial charge in [-0.1, -0.05) is 17.8 Å². The topological polar surface area (TPSA) is 95.1 Å². The molecule has 0 saturated heterocycles. The molecule has 3 aromatic rings. The average molecular weight is 415 g/mol. The molecule has 1 amide bonds. The molecule has 9 heteroatoms. The van der Waals surface area contributed by atoms with E-state index < -0.39 is 5.25 Å². The molecule has 152 valence electrons. The van der Waals surface area contributed by atoms with Crippen LogP contribution in [0.5, 0.6) is 5.75 Å². The minimum atomic E-state index is -0.486. The zero-order valence-electron chi connectivity index (χ0n) is 16.3. The van der Waals surface area contributed by atoms with Crippen molar-refractivity contribution in [1.29, 1.82) is 0 Å². The molecular weight excluding hydrogens is 393 g/mol. The Kier molecular flexibility index (Phi) is 6.38. The van der Waals surface area contributed by atoms with Crippen molar-refractivity contribution in [2.75, 3.05) is 11.2 Å². The number of amides is 1. The molecule has 0 spiro atoms. The van der Waals surface area contributed by atoms with Crippen molar-refractivity contribution < 1.29 is 13.9 Å². The van der Waals surface area contributed by atoms with Crippen LogP contribution in [0.1, 0.15) is 23.9 Å². The van der Waals surface area contributed by atoms with Crippen molar-refractivity contribution in [3.05, 3.63) is 65.2 Å². The van der Waals surface area contributed by atoms with Crippen molar-refractivity contribution >= 4 is 23.4 Å². The second-order valence-corrected chi connectivity index (χ2v) is 7.95. The minimum Gasteiger partial charge on any atom is -0.486 e. The highest BCUT2D eigenvalue weighted by Crippen LogP contribution is 2.23. The monoisotopic (exact) mass is 415 g/mol. The summed E-state index contributed by atoms with van der Waals surface area (Å²) in [7, 11) is 0. The Balaban J connectivity index is 1.59.